The van der Waals surface area contributed by atoms with Gasteiger partial charge in [0.05, 0.1) is 18.4 Å². The third-order valence-electron chi connectivity index (χ3n) is 4.67. The van der Waals surface area contributed by atoms with Crippen molar-refractivity contribution in [2.24, 2.45) is 0 Å². The molecule has 0 bridgehead atoms. The summed E-state index contributed by atoms with van der Waals surface area (Å²) in [6.45, 7) is 5.78. The van der Waals surface area contributed by atoms with Gasteiger partial charge in [0.25, 0.3) is 0 Å². The Balaban J connectivity index is 1.45. The van der Waals surface area contributed by atoms with Gasteiger partial charge in [-0.2, -0.15) is 5.10 Å². The highest BCUT2D eigenvalue weighted by atomic mass is 35.5. The summed E-state index contributed by atoms with van der Waals surface area (Å²) in [7, 11) is 0. The molecule has 3 heterocycles. The lowest BCUT2D eigenvalue weighted by atomic mass is 10.2. The molecule has 1 saturated heterocycles. The van der Waals surface area contributed by atoms with Crippen molar-refractivity contribution in [1.82, 2.24) is 15.1 Å². The molecule has 26 heavy (non-hydrogen) atoms. The van der Waals surface area contributed by atoms with Crippen LogP contribution in [0.2, 0.25) is 5.02 Å². The molecule has 0 saturated carbocycles. The number of piperazine rings is 1. The van der Waals surface area contributed by atoms with Gasteiger partial charge in [-0.25, -0.2) is 4.79 Å². The standard InChI is InChI=1S/C18H20ClN5O2/c1-13-10-17(21-20-12-13)22-4-6-23(7-5-22)18(25)24-8-9-26-16-11-14(19)2-3-15(16)24/h2-3,10-12H,4-9H2,1H3. The van der Waals surface area contributed by atoms with Crippen molar-refractivity contribution in [3.63, 3.8) is 0 Å². The molecule has 0 atom stereocenters. The number of amides is 2. The van der Waals surface area contributed by atoms with Gasteiger partial charge in [-0.1, -0.05) is 11.6 Å². The molecule has 2 aliphatic heterocycles. The highest BCUT2D eigenvalue weighted by molar-refractivity contribution is 6.30. The zero-order valence-electron chi connectivity index (χ0n) is 14.6. The third kappa shape index (κ3) is 3.26. The van der Waals surface area contributed by atoms with E-state index in [0.29, 0.717) is 37.0 Å². The van der Waals surface area contributed by atoms with Crippen molar-refractivity contribution < 1.29 is 9.53 Å². The Morgan fingerprint density at radius 2 is 1.96 bits per heavy atom. The smallest absolute Gasteiger partial charge is 0.324 e. The summed E-state index contributed by atoms with van der Waals surface area (Å²) < 4.78 is 5.64. The van der Waals surface area contributed by atoms with Gasteiger partial charge >= 0.3 is 6.03 Å². The fraction of sp³-hybridized carbons (Fsp3) is 0.389. The van der Waals surface area contributed by atoms with Crippen LogP contribution in [0.25, 0.3) is 0 Å². The average Bonchev–Trinajstić information content (AvgIpc) is 2.67. The number of hydrogen-bond donors (Lipinski definition) is 0. The summed E-state index contributed by atoms with van der Waals surface area (Å²) in [4.78, 5) is 18.8. The van der Waals surface area contributed by atoms with E-state index in [1.807, 2.05) is 24.0 Å². The normalized spacial score (nSPS) is 16.9. The maximum Gasteiger partial charge on any atom is 0.324 e. The van der Waals surface area contributed by atoms with Crippen LogP contribution in [-0.4, -0.2) is 60.5 Å². The minimum absolute atomic E-state index is 0.00634. The summed E-state index contributed by atoms with van der Waals surface area (Å²) in [6, 6.07) is 7.40. The van der Waals surface area contributed by atoms with E-state index < -0.39 is 0 Å². The first-order valence-corrected chi connectivity index (χ1v) is 9.03. The highest BCUT2D eigenvalue weighted by Crippen LogP contribution is 2.34. The van der Waals surface area contributed by atoms with Crippen LogP contribution in [0.4, 0.5) is 16.3 Å². The molecule has 0 unspecified atom stereocenters. The lowest BCUT2D eigenvalue weighted by Gasteiger charge is -2.39. The molecular formula is C18H20ClN5O2. The van der Waals surface area contributed by atoms with Crippen molar-refractivity contribution in [1.29, 1.82) is 0 Å². The van der Waals surface area contributed by atoms with Gasteiger partial charge in [0.2, 0.25) is 0 Å². The van der Waals surface area contributed by atoms with E-state index in [0.717, 1.165) is 30.2 Å². The maximum absolute atomic E-state index is 13.0. The summed E-state index contributed by atoms with van der Waals surface area (Å²) in [5.41, 5.74) is 1.86. The topological polar surface area (TPSA) is 61.8 Å². The Kier molecular flexibility index (Phi) is 4.55. The summed E-state index contributed by atoms with van der Waals surface area (Å²) in [6.07, 6.45) is 1.74. The number of carbonyl (C=O) groups is 1. The Labute approximate surface area is 157 Å². The first-order valence-electron chi connectivity index (χ1n) is 8.65. The van der Waals surface area contributed by atoms with Crippen LogP contribution >= 0.6 is 11.6 Å². The lowest BCUT2D eigenvalue weighted by molar-refractivity contribution is 0.196. The van der Waals surface area contributed by atoms with E-state index in [4.69, 9.17) is 16.3 Å². The number of aryl methyl sites for hydroxylation is 1. The zero-order valence-corrected chi connectivity index (χ0v) is 15.3. The van der Waals surface area contributed by atoms with E-state index in [-0.39, 0.29) is 6.03 Å². The number of aromatic nitrogens is 2. The Morgan fingerprint density at radius 3 is 2.73 bits per heavy atom. The number of hydrogen-bond acceptors (Lipinski definition) is 5. The number of halogens is 1. The molecule has 136 valence electrons. The number of benzene rings is 1. The first-order chi connectivity index (χ1) is 12.6. The van der Waals surface area contributed by atoms with Crippen molar-refractivity contribution in [2.75, 3.05) is 49.1 Å². The SMILES string of the molecule is Cc1cnnc(N2CCN(C(=O)N3CCOc4cc(Cl)ccc43)CC2)c1. The van der Waals surface area contributed by atoms with Gasteiger partial charge in [0.1, 0.15) is 12.4 Å². The minimum atomic E-state index is 0.00634. The van der Waals surface area contributed by atoms with Crippen LogP contribution in [0.5, 0.6) is 5.75 Å². The Bertz CT molecular complexity index is 823. The predicted molar refractivity (Wildman–Crippen MR) is 100 cm³/mol. The van der Waals surface area contributed by atoms with Crippen LogP contribution in [-0.2, 0) is 0 Å². The average molecular weight is 374 g/mol. The van der Waals surface area contributed by atoms with E-state index in [1.54, 1.807) is 23.2 Å². The van der Waals surface area contributed by atoms with Crippen LogP contribution < -0.4 is 14.5 Å². The van der Waals surface area contributed by atoms with Crippen LogP contribution in [0, 0.1) is 6.92 Å². The van der Waals surface area contributed by atoms with Crippen LogP contribution in [0.15, 0.2) is 30.5 Å². The van der Waals surface area contributed by atoms with Crippen molar-refractivity contribution in [3.8, 4) is 5.75 Å². The number of carbonyl (C=O) groups excluding carboxylic acids is 1. The summed E-state index contributed by atoms with van der Waals surface area (Å²) in [5, 5.41) is 8.81. The van der Waals surface area contributed by atoms with Gasteiger partial charge < -0.3 is 14.5 Å². The lowest BCUT2D eigenvalue weighted by Crippen LogP contribution is -2.54. The molecule has 0 aliphatic carbocycles. The van der Waals surface area contributed by atoms with Crippen LogP contribution in [0.1, 0.15) is 5.56 Å². The van der Waals surface area contributed by atoms with Crippen molar-refractivity contribution >= 4 is 29.1 Å². The first kappa shape index (κ1) is 16.9. The molecule has 2 amide bonds. The van der Waals surface area contributed by atoms with E-state index in [9.17, 15) is 4.79 Å². The molecule has 1 fully saturated rings. The fourth-order valence-corrected chi connectivity index (χ4v) is 3.46. The molecule has 1 aromatic heterocycles. The number of nitrogens with zero attached hydrogens (tertiary/aromatic N) is 5. The van der Waals surface area contributed by atoms with Gasteiger partial charge in [-0.05, 0) is 30.7 Å². The Hall–Kier alpha value is -2.54. The van der Waals surface area contributed by atoms with E-state index in [2.05, 4.69) is 15.1 Å². The number of rotatable bonds is 1. The van der Waals surface area contributed by atoms with Crippen LogP contribution in [0.3, 0.4) is 0 Å². The quantitative estimate of drug-likeness (QED) is 0.768. The molecular weight excluding hydrogens is 354 g/mol. The minimum Gasteiger partial charge on any atom is -0.489 e. The highest BCUT2D eigenvalue weighted by Gasteiger charge is 2.30. The predicted octanol–water partition coefficient (Wildman–Crippen LogP) is 2.58. The number of ether oxygens (including phenoxy) is 1. The number of urea groups is 1. The van der Waals surface area contributed by atoms with Crippen molar-refractivity contribution in [3.05, 3.63) is 41.0 Å². The number of anilines is 2. The second-order valence-electron chi connectivity index (χ2n) is 6.46. The molecule has 0 spiro atoms. The molecule has 4 rings (SSSR count). The summed E-state index contributed by atoms with van der Waals surface area (Å²) in [5.74, 6) is 1.52. The molecule has 0 radical (unpaired) electrons. The molecule has 1 aromatic carbocycles. The largest absolute Gasteiger partial charge is 0.489 e. The van der Waals surface area contributed by atoms with E-state index >= 15 is 0 Å². The van der Waals surface area contributed by atoms with E-state index in [1.165, 1.54) is 0 Å². The molecule has 2 aliphatic rings. The zero-order chi connectivity index (χ0) is 18.1. The third-order valence-corrected chi connectivity index (χ3v) is 4.90. The monoisotopic (exact) mass is 373 g/mol. The van der Waals surface area contributed by atoms with Gasteiger partial charge in [0.15, 0.2) is 5.82 Å². The van der Waals surface area contributed by atoms with Crippen molar-refractivity contribution in [2.45, 2.75) is 6.92 Å². The number of fused-ring (bicyclic) bond motifs is 1. The molecule has 8 heteroatoms. The second-order valence-corrected chi connectivity index (χ2v) is 6.90. The van der Waals surface area contributed by atoms with Gasteiger partial charge in [-0.15, -0.1) is 5.10 Å². The van der Waals surface area contributed by atoms with Gasteiger partial charge in [-0.3, -0.25) is 4.90 Å². The molecule has 2 aromatic rings. The molecule has 7 nitrogen and oxygen atoms in total. The fourth-order valence-electron chi connectivity index (χ4n) is 3.29. The molecule has 0 N–H and O–H groups in total. The van der Waals surface area contributed by atoms with Gasteiger partial charge in [0, 0.05) is 37.3 Å². The second kappa shape index (κ2) is 6.99. The Morgan fingerprint density at radius 1 is 1.15 bits per heavy atom. The maximum atomic E-state index is 13.0. The summed E-state index contributed by atoms with van der Waals surface area (Å²) >= 11 is 6.03.